The summed E-state index contributed by atoms with van der Waals surface area (Å²) in [5.74, 6) is 1.38. The molecule has 1 saturated heterocycles. The number of hydrogen-bond acceptors (Lipinski definition) is 4. The number of amides is 1. The molecule has 1 amide bonds. The third-order valence-corrected chi connectivity index (χ3v) is 4.79. The molecule has 134 valence electrons. The van der Waals surface area contributed by atoms with Crippen LogP contribution in [0.1, 0.15) is 41.6 Å². The normalized spacial score (nSPS) is 16.1. The Balaban J connectivity index is 1.58. The number of rotatable bonds is 6. The van der Waals surface area contributed by atoms with Crippen molar-refractivity contribution in [2.45, 2.75) is 32.7 Å². The van der Waals surface area contributed by atoms with E-state index in [1.54, 1.807) is 6.07 Å². The van der Waals surface area contributed by atoms with Gasteiger partial charge >= 0.3 is 0 Å². The summed E-state index contributed by atoms with van der Waals surface area (Å²) in [6.07, 6.45) is 2.87. The number of nitrogens with one attached hydrogen (secondary N) is 1. The fourth-order valence-electron chi connectivity index (χ4n) is 3.22. The Morgan fingerprint density at radius 3 is 2.76 bits per heavy atom. The van der Waals surface area contributed by atoms with E-state index in [-0.39, 0.29) is 5.91 Å². The van der Waals surface area contributed by atoms with Gasteiger partial charge in [-0.05, 0) is 61.7 Å². The van der Waals surface area contributed by atoms with Crippen LogP contribution in [0.4, 0.5) is 5.69 Å². The van der Waals surface area contributed by atoms with Gasteiger partial charge in [0.25, 0.3) is 5.91 Å². The van der Waals surface area contributed by atoms with Gasteiger partial charge in [-0.25, -0.2) is 0 Å². The second-order valence-electron chi connectivity index (χ2n) is 6.68. The Hall–Kier alpha value is -2.11. The van der Waals surface area contributed by atoms with Crippen LogP contribution in [0.2, 0.25) is 0 Å². The zero-order valence-electron chi connectivity index (χ0n) is 14.7. The second kappa shape index (κ2) is 8.32. The summed E-state index contributed by atoms with van der Waals surface area (Å²) in [7, 11) is 0. The van der Waals surface area contributed by atoms with E-state index in [4.69, 9.17) is 4.42 Å². The maximum Gasteiger partial charge on any atom is 0.291 e. The third-order valence-electron chi connectivity index (χ3n) is 4.79. The zero-order chi connectivity index (χ0) is 17.6. The van der Waals surface area contributed by atoms with Gasteiger partial charge in [0.2, 0.25) is 0 Å². The molecule has 1 aromatic carbocycles. The molecular formula is C20H26N2O3. The highest BCUT2D eigenvalue weighted by molar-refractivity contribution is 6.02. The van der Waals surface area contributed by atoms with E-state index in [0.717, 1.165) is 50.3 Å². The van der Waals surface area contributed by atoms with Crippen molar-refractivity contribution < 1.29 is 14.3 Å². The Labute approximate surface area is 148 Å². The van der Waals surface area contributed by atoms with Crippen molar-refractivity contribution in [3.8, 4) is 0 Å². The minimum atomic E-state index is -0.222. The summed E-state index contributed by atoms with van der Waals surface area (Å²) in [5.41, 5.74) is 1.95. The quantitative estimate of drug-likeness (QED) is 0.845. The standard InChI is InChI=1S/C20H26N2O3/c1-2-18-6-7-19(25-18)20(24)21-17-5-3-4-16(12-17)13-22-10-8-15(14-23)9-11-22/h3-7,12,15,23H,2,8-11,13-14H2,1H3,(H,21,24). The fraction of sp³-hybridized carbons (Fsp3) is 0.450. The summed E-state index contributed by atoms with van der Waals surface area (Å²) < 4.78 is 5.50. The number of aliphatic hydroxyl groups is 1. The van der Waals surface area contributed by atoms with Crippen molar-refractivity contribution in [1.29, 1.82) is 0 Å². The first kappa shape index (κ1) is 17.7. The van der Waals surface area contributed by atoms with Gasteiger partial charge in [0.05, 0.1) is 0 Å². The van der Waals surface area contributed by atoms with Crippen LogP contribution in [0.25, 0.3) is 0 Å². The van der Waals surface area contributed by atoms with Crippen LogP contribution in [-0.2, 0) is 13.0 Å². The molecule has 0 spiro atoms. The summed E-state index contributed by atoms with van der Waals surface area (Å²) >= 11 is 0. The van der Waals surface area contributed by atoms with Crippen LogP contribution in [0.15, 0.2) is 40.8 Å². The largest absolute Gasteiger partial charge is 0.456 e. The molecule has 1 aromatic heterocycles. The number of aliphatic hydroxyl groups excluding tert-OH is 1. The predicted octanol–water partition coefficient (Wildman–Crippen LogP) is 3.30. The highest BCUT2D eigenvalue weighted by atomic mass is 16.3. The SMILES string of the molecule is CCc1ccc(C(=O)Nc2cccc(CN3CCC(CO)CC3)c2)o1. The molecule has 5 nitrogen and oxygen atoms in total. The van der Waals surface area contributed by atoms with Gasteiger partial charge in [-0.3, -0.25) is 9.69 Å². The van der Waals surface area contributed by atoms with E-state index in [0.29, 0.717) is 18.3 Å². The van der Waals surface area contributed by atoms with E-state index in [1.165, 1.54) is 5.56 Å². The van der Waals surface area contributed by atoms with Gasteiger partial charge in [0.1, 0.15) is 5.76 Å². The first-order valence-electron chi connectivity index (χ1n) is 9.00. The van der Waals surface area contributed by atoms with Crippen molar-refractivity contribution >= 4 is 11.6 Å². The molecule has 2 N–H and O–H groups in total. The number of carbonyl (C=O) groups is 1. The lowest BCUT2D eigenvalue weighted by molar-refractivity contribution is 0.0995. The van der Waals surface area contributed by atoms with Gasteiger partial charge in [0.15, 0.2) is 5.76 Å². The van der Waals surface area contributed by atoms with Crippen molar-refractivity contribution in [2.75, 3.05) is 25.0 Å². The maximum absolute atomic E-state index is 12.3. The zero-order valence-corrected chi connectivity index (χ0v) is 14.7. The predicted molar refractivity (Wildman–Crippen MR) is 97.6 cm³/mol. The van der Waals surface area contributed by atoms with E-state index in [2.05, 4.69) is 16.3 Å². The number of carbonyl (C=O) groups excluding carboxylic acids is 1. The second-order valence-corrected chi connectivity index (χ2v) is 6.68. The van der Waals surface area contributed by atoms with Crippen molar-refractivity contribution in [3.63, 3.8) is 0 Å². The monoisotopic (exact) mass is 342 g/mol. The molecule has 0 atom stereocenters. The number of aryl methyl sites for hydroxylation is 1. The van der Waals surface area contributed by atoms with Crippen LogP contribution >= 0.6 is 0 Å². The summed E-state index contributed by atoms with van der Waals surface area (Å²) in [4.78, 5) is 14.7. The minimum Gasteiger partial charge on any atom is -0.456 e. The molecule has 25 heavy (non-hydrogen) atoms. The highest BCUT2D eigenvalue weighted by Gasteiger charge is 2.18. The van der Waals surface area contributed by atoms with Gasteiger partial charge in [-0.15, -0.1) is 0 Å². The molecular weight excluding hydrogens is 316 g/mol. The number of nitrogens with zero attached hydrogens (tertiary/aromatic N) is 1. The van der Waals surface area contributed by atoms with Crippen molar-refractivity contribution in [3.05, 3.63) is 53.5 Å². The van der Waals surface area contributed by atoms with Gasteiger partial charge in [-0.2, -0.15) is 0 Å². The molecule has 1 fully saturated rings. The Bertz CT molecular complexity index is 702. The van der Waals surface area contributed by atoms with Gasteiger partial charge in [-0.1, -0.05) is 19.1 Å². The Morgan fingerprint density at radius 2 is 2.08 bits per heavy atom. The number of benzene rings is 1. The number of hydrogen-bond donors (Lipinski definition) is 2. The van der Waals surface area contributed by atoms with E-state index >= 15 is 0 Å². The number of piperidine rings is 1. The molecule has 0 bridgehead atoms. The molecule has 0 unspecified atom stereocenters. The summed E-state index contributed by atoms with van der Waals surface area (Å²) in [6, 6.07) is 11.5. The Kier molecular flexibility index (Phi) is 5.89. The number of likely N-dealkylation sites (tertiary alicyclic amines) is 1. The molecule has 0 radical (unpaired) electrons. The number of furan rings is 1. The molecule has 2 aromatic rings. The van der Waals surface area contributed by atoms with Crippen LogP contribution in [0.5, 0.6) is 0 Å². The average Bonchev–Trinajstić information content (AvgIpc) is 3.12. The lowest BCUT2D eigenvalue weighted by atomic mass is 9.97. The first-order chi connectivity index (χ1) is 12.2. The summed E-state index contributed by atoms with van der Waals surface area (Å²) in [5, 5.41) is 12.1. The van der Waals surface area contributed by atoms with E-state index in [9.17, 15) is 9.90 Å². The molecule has 0 aliphatic carbocycles. The van der Waals surface area contributed by atoms with E-state index < -0.39 is 0 Å². The third kappa shape index (κ3) is 4.71. The van der Waals surface area contributed by atoms with Crippen molar-refractivity contribution in [2.24, 2.45) is 5.92 Å². The molecule has 5 heteroatoms. The highest BCUT2D eigenvalue weighted by Crippen LogP contribution is 2.20. The molecule has 3 rings (SSSR count). The maximum atomic E-state index is 12.3. The summed E-state index contributed by atoms with van der Waals surface area (Å²) in [6.45, 7) is 5.17. The fourth-order valence-corrected chi connectivity index (χ4v) is 3.22. The topological polar surface area (TPSA) is 65.7 Å². The van der Waals surface area contributed by atoms with Crippen LogP contribution in [0, 0.1) is 5.92 Å². The Morgan fingerprint density at radius 1 is 1.28 bits per heavy atom. The van der Waals surface area contributed by atoms with Gasteiger partial charge in [0, 0.05) is 25.3 Å². The van der Waals surface area contributed by atoms with Crippen molar-refractivity contribution in [1.82, 2.24) is 4.90 Å². The van der Waals surface area contributed by atoms with Gasteiger partial charge < -0.3 is 14.8 Å². The van der Waals surface area contributed by atoms with E-state index in [1.807, 2.05) is 31.2 Å². The average molecular weight is 342 g/mol. The smallest absolute Gasteiger partial charge is 0.291 e. The lowest BCUT2D eigenvalue weighted by Gasteiger charge is -2.31. The molecule has 0 saturated carbocycles. The molecule has 1 aliphatic heterocycles. The number of anilines is 1. The minimum absolute atomic E-state index is 0.222. The molecule has 1 aliphatic rings. The van der Waals surface area contributed by atoms with Crippen LogP contribution in [-0.4, -0.2) is 35.6 Å². The molecule has 2 heterocycles. The first-order valence-corrected chi connectivity index (χ1v) is 9.00. The van der Waals surface area contributed by atoms with Crippen LogP contribution in [0.3, 0.4) is 0 Å². The lowest BCUT2D eigenvalue weighted by Crippen LogP contribution is -2.34. The van der Waals surface area contributed by atoms with Crippen LogP contribution < -0.4 is 5.32 Å².